The van der Waals surface area contributed by atoms with Crippen molar-refractivity contribution in [3.8, 4) is 5.82 Å². The lowest BCUT2D eigenvalue weighted by Crippen LogP contribution is -2.39. The highest BCUT2D eigenvalue weighted by Gasteiger charge is 2.07. The van der Waals surface area contributed by atoms with E-state index in [1.165, 1.54) is 25.7 Å². The molecule has 6 nitrogen and oxygen atoms in total. The number of nitrogens with one attached hydrogen (secondary N) is 2. The largest absolute Gasteiger partial charge is 0.357 e. The summed E-state index contributed by atoms with van der Waals surface area (Å²) in [6, 6.07) is 4.05. The number of hydrogen-bond donors (Lipinski definition) is 2. The first-order valence-electron chi connectivity index (χ1n) is 9.72. The zero-order chi connectivity index (χ0) is 18.6. The van der Waals surface area contributed by atoms with Gasteiger partial charge in [0.05, 0.1) is 6.54 Å². The zero-order valence-corrected chi connectivity index (χ0v) is 19.0. The maximum atomic E-state index is 4.70. The highest BCUT2D eigenvalue weighted by Crippen LogP contribution is 2.11. The summed E-state index contributed by atoms with van der Waals surface area (Å²) in [5.41, 5.74) is 1.09. The van der Waals surface area contributed by atoms with Crippen LogP contribution in [0.4, 0.5) is 0 Å². The average molecular weight is 484 g/mol. The Balaban J connectivity index is 0.00000364. The molecule has 2 aromatic rings. The van der Waals surface area contributed by atoms with Crippen molar-refractivity contribution < 1.29 is 0 Å². The molecule has 2 rings (SSSR count). The third-order valence-electron chi connectivity index (χ3n) is 4.44. The lowest BCUT2D eigenvalue weighted by Gasteiger charge is -2.18. The smallest absolute Gasteiger partial charge is 0.191 e. The molecule has 7 heteroatoms. The van der Waals surface area contributed by atoms with Gasteiger partial charge >= 0.3 is 0 Å². The number of aliphatic imine (C=N–C) groups is 1. The van der Waals surface area contributed by atoms with E-state index in [1.54, 1.807) is 12.5 Å². The van der Waals surface area contributed by atoms with Gasteiger partial charge < -0.3 is 10.6 Å². The molecule has 0 spiro atoms. The Kier molecular flexibility index (Phi) is 11.7. The molecule has 0 saturated carbocycles. The molecule has 0 radical (unpaired) electrons. The number of aromatic nitrogens is 3. The number of hydrogen-bond acceptors (Lipinski definition) is 3. The van der Waals surface area contributed by atoms with Crippen LogP contribution in [0.15, 0.2) is 42.0 Å². The van der Waals surface area contributed by atoms with Gasteiger partial charge in [-0.15, -0.1) is 24.0 Å². The van der Waals surface area contributed by atoms with Gasteiger partial charge in [0.25, 0.3) is 0 Å². The molecule has 150 valence electrons. The molecule has 0 aromatic carbocycles. The van der Waals surface area contributed by atoms with Crippen molar-refractivity contribution in [2.45, 2.75) is 53.0 Å². The van der Waals surface area contributed by atoms with Crippen molar-refractivity contribution in [1.82, 2.24) is 25.2 Å². The number of nitrogens with zero attached hydrogens (tertiary/aromatic N) is 4. The van der Waals surface area contributed by atoms with Crippen molar-refractivity contribution in [3.63, 3.8) is 0 Å². The highest BCUT2D eigenvalue weighted by molar-refractivity contribution is 14.0. The minimum atomic E-state index is 0. The normalized spacial score (nSPS) is 12.3. The summed E-state index contributed by atoms with van der Waals surface area (Å²) in [5.74, 6) is 2.44. The molecule has 0 amide bonds. The fourth-order valence-corrected chi connectivity index (χ4v) is 2.75. The third kappa shape index (κ3) is 8.28. The highest BCUT2D eigenvalue weighted by atomic mass is 127. The van der Waals surface area contributed by atoms with E-state index < -0.39 is 0 Å². The van der Waals surface area contributed by atoms with Crippen LogP contribution in [0.25, 0.3) is 5.82 Å². The molecule has 27 heavy (non-hydrogen) atoms. The fraction of sp³-hybridized carbons (Fsp3) is 0.550. The Bertz CT molecular complexity index is 639. The molecule has 0 bridgehead atoms. The molecule has 2 aromatic heterocycles. The van der Waals surface area contributed by atoms with Crippen LogP contribution >= 0.6 is 24.0 Å². The maximum Gasteiger partial charge on any atom is 0.191 e. The van der Waals surface area contributed by atoms with Crippen LogP contribution in [0.3, 0.4) is 0 Å². The number of imidazole rings is 1. The summed E-state index contributed by atoms with van der Waals surface area (Å²) in [6.45, 7) is 9.04. The van der Waals surface area contributed by atoms with Gasteiger partial charge in [0, 0.05) is 31.7 Å². The molecule has 1 atom stereocenters. The second kappa shape index (κ2) is 13.5. The lowest BCUT2D eigenvalue weighted by molar-refractivity contribution is 0.443. The molecular weight excluding hydrogens is 451 g/mol. The van der Waals surface area contributed by atoms with E-state index in [4.69, 9.17) is 4.99 Å². The van der Waals surface area contributed by atoms with Crippen LogP contribution in [0.2, 0.25) is 0 Å². The van der Waals surface area contributed by atoms with Crippen LogP contribution in [-0.4, -0.2) is 33.6 Å². The molecule has 2 N–H and O–H groups in total. The van der Waals surface area contributed by atoms with E-state index >= 15 is 0 Å². The van der Waals surface area contributed by atoms with E-state index in [1.807, 2.05) is 23.0 Å². The molecule has 0 fully saturated rings. The topological polar surface area (TPSA) is 67.1 Å². The average Bonchev–Trinajstić information content (AvgIpc) is 3.21. The monoisotopic (exact) mass is 484 g/mol. The quantitative estimate of drug-likeness (QED) is 0.302. The van der Waals surface area contributed by atoms with Gasteiger partial charge in [0.1, 0.15) is 12.1 Å². The Morgan fingerprint density at radius 1 is 1.22 bits per heavy atom. The molecule has 0 aliphatic rings. The van der Waals surface area contributed by atoms with Gasteiger partial charge in [-0.05, 0) is 30.9 Å². The minimum Gasteiger partial charge on any atom is -0.357 e. The standard InChI is InChI=1S/C20H32N6.HI/c1-4-7-8-17(5-2)13-24-20(22-6-3)25-15-18-9-10-19(23-14-18)26-12-11-21-16-26;/h9-12,14,16-17H,4-8,13,15H2,1-3H3,(H2,22,24,25);1H. The molecule has 0 saturated heterocycles. The van der Waals surface area contributed by atoms with Crippen LogP contribution in [-0.2, 0) is 6.54 Å². The molecule has 0 aliphatic carbocycles. The summed E-state index contributed by atoms with van der Waals surface area (Å²) in [7, 11) is 0. The van der Waals surface area contributed by atoms with Crippen molar-refractivity contribution in [1.29, 1.82) is 0 Å². The number of unbranched alkanes of at least 4 members (excludes halogenated alkanes) is 1. The summed E-state index contributed by atoms with van der Waals surface area (Å²) in [4.78, 5) is 13.2. The van der Waals surface area contributed by atoms with Gasteiger partial charge in [-0.3, -0.25) is 4.57 Å². The van der Waals surface area contributed by atoms with E-state index in [0.717, 1.165) is 30.4 Å². The second-order valence-corrected chi connectivity index (χ2v) is 6.49. The number of pyridine rings is 1. The van der Waals surface area contributed by atoms with E-state index in [0.29, 0.717) is 12.5 Å². The first-order chi connectivity index (χ1) is 12.8. The second-order valence-electron chi connectivity index (χ2n) is 6.49. The fourth-order valence-electron chi connectivity index (χ4n) is 2.75. The first-order valence-corrected chi connectivity index (χ1v) is 9.72. The Morgan fingerprint density at radius 2 is 2.07 bits per heavy atom. The number of rotatable bonds is 10. The van der Waals surface area contributed by atoms with Crippen molar-refractivity contribution in [3.05, 3.63) is 42.6 Å². The van der Waals surface area contributed by atoms with Gasteiger partial charge in [-0.2, -0.15) is 0 Å². The Labute approximate surface area is 180 Å². The van der Waals surface area contributed by atoms with Gasteiger partial charge in [0.15, 0.2) is 5.96 Å². The van der Waals surface area contributed by atoms with Crippen molar-refractivity contribution in [2.75, 3.05) is 13.1 Å². The van der Waals surface area contributed by atoms with E-state index in [2.05, 4.69) is 47.4 Å². The van der Waals surface area contributed by atoms with Gasteiger partial charge in [-0.25, -0.2) is 15.0 Å². The third-order valence-corrected chi connectivity index (χ3v) is 4.44. The summed E-state index contributed by atoms with van der Waals surface area (Å²) in [5, 5.41) is 6.82. The van der Waals surface area contributed by atoms with Gasteiger partial charge in [0.2, 0.25) is 0 Å². The molecule has 0 aliphatic heterocycles. The van der Waals surface area contributed by atoms with Crippen LogP contribution in [0, 0.1) is 5.92 Å². The summed E-state index contributed by atoms with van der Waals surface area (Å²) < 4.78 is 1.89. The predicted octanol–water partition coefficient (Wildman–Crippen LogP) is 4.16. The lowest BCUT2D eigenvalue weighted by atomic mass is 9.99. The predicted molar refractivity (Wildman–Crippen MR) is 123 cm³/mol. The van der Waals surface area contributed by atoms with Crippen molar-refractivity contribution >= 4 is 29.9 Å². The summed E-state index contributed by atoms with van der Waals surface area (Å²) >= 11 is 0. The SMILES string of the molecule is CCCCC(CC)CNC(=NCc1ccc(-n2ccnc2)nc1)NCC.I. The molecular formula is C20H33IN6. The zero-order valence-electron chi connectivity index (χ0n) is 16.7. The Morgan fingerprint density at radius 3 is 2.67 bits per heavy atom. The molecule has 2 heterocycles. The minimum absolute atomic E-state index is 0. The van der Waals surface area contributed by atoms with Crippen LogP contribution < -0.4 is 10.6 Å². The van der Waals surface area contributed by atoms with E-state index in [9.17, 15) is 0 Å². The van der Waals surface area contributed by atoms with E-state index in [-0.39, 0.29) is 24.0 Å². The van der Waals surface area contributed by atoms with Crippen LogP contribution in [0.5, 0.6) is 0 Å². The van der Waals surface area contributed by atoms with Crippen LogP contribution in [0.1, 0.15) is 52.0 Å². The number of halogens is 1. The molecule has 1 unspecified atom stereocenters. The van der Waals surface area contributed by atoms with Crippen molar-refractivity contribution in [2.24, 2.45) is 10.9 Å². The summed E-state index contributed by atoms with van der Waals surface area (Å²) in [6.07, 6.45) is 12.3. The number of guanidine groups is 1. The maximum absolute atomic E-state index is 4.70. The van der Waals surface area contributed by atoms with Gasteiger partial charge in [-0.1, -0.05) is 39.2 Å². The first kappa shape index (κ1) is 23.4. The Hall–Kier alpha value is -1.64.